The lowest BCUT2D eigenvalue weighted by atomic mass is 10.1. The van der Waals surface area contributed by atoms with E-state index in [-0.39, 0.29) is 23.9 Å². The fourth-order valence-corrected chi connectivity index (χ4v) is 5.03. The largest absolute Gasteiger partial charge is 0.497 e. The van der Waals surface area contributed by atoms with Crippen LogP contribution in [0.2, 0.25) is 0 Å². The average Bonchev–Trinajstić information content (AvgIpc) is 2.59. The van der Waals surface area contributed by atoms with Crippen LogP contribution in [0.5, 0.6) is 5.75 Å². The number of rotatable bonds is 6. The van der Waals surface area contributed by atoms with Crippen LogP contribution in [0.25, 0.3) is 0 Å². The number of nitrogens with zero attached hydrogens (tertiary/aromatic N) is 1. The zero-order valence-electron chi connectivity index (χ0n) is 14.4. The summed E-state index contributed by atoms with van der Waals surface area (Å²) in [6, 6.07) is 14.1. The Bertz CT molecular complexity index is 890. The molecule has 1 heterocycles. The Morgan fingerprint density at radius 1 is 1.15 bits per heavy atom. The molecule has 138 valence electrons. The monoisotopic (exact) mass is 437 g/mol. The zero-order chi connectivity index (χ0) is 18.7. The summed E-state index contributed by atoms with van der Waals surface area (Å²) in [6.45, 7) is 0.506. The third kappa shape index (κ3) is 3.94. The Hall–Kier alpha value is -1.86. The Morgan fingerprint density at radius 3 is 2.42 bits per heavy atom. The first-order valence-corrected chi connectivity index (χ1v) is 10.6. The van der Waals surface area contributed by atoms with Gasteiger partial charge in [-0.1, -0.05) is 34.1 Å². The van der Waals surface area contributed by atoms with Gasteiger partial charge in [0.05, 0.1) is 12.0 Å². The summed E-state index contributed by atoms with van der Waals surface area (Å²) in [5, 5.41) is -0.539. The number of aryl methyl sites for hydroxylation is 1. The van der Waals surface area contributed by atoms with Gasteiger partial charge in [0, 0.05) is 24.0 Å². The number of hydrogen-bond acceptors (Lipinski definition) is 4. The fourth-order valence-electron chi connectivity index (χ4n) is 2.90. The zero-order valence-corrected chi connectivity index (χ0v) is 16.8. The molecule has 2 aromatic carbocycles. The van der Waals surface area contributed by atoms with E-state index in [9.17, 15) is 13.2 Å². The minimum absolute atomic E-state index is 0.0121. The van der Waals surface area contributed by atoms with E-state index in [0.29, 0.717) is 18.6 Å². The van der Waals surface area contributed by atoms with Crippen LogP contribution in [-0.4, -0.2) is 44.7 Å². The van der Waals surface area contributed by atoms with Gasteiger partial charge in [-0.3, -0.25) is 4.79 Å². The highest BCUT2D eigenvalue weighted by Gasteiger charge is 2.40. The van der Waals surface area contributed by atoms with E-state index < -0.39 is 15.1 Å². The van der Waals surface area contributed by atoms with Gasteiger partial charge in [0.2, 0.25) is 5.91 Å². The van der Waals surface area contributed by atoms with Gasteiger partial charge in [-0.25, -0.2) is 8.42 Å². The van der Waals surface area contributed by atoms with Crippen molar-refractivity contribution >= 4 is 31.7 Å². The third-order valence-corrected chi connectivity index (χ3v) is 7.47. The van der Waals surface area contributed by atoms with E-state index in [1.165, 1.54) is 7.11 Å². The highest BCUT2D eigenvalue weighted by Crippen LogP contribution is 2.26. The molecule has 0 atom stereocenters. The second-order valence-corrected chi connectivity index (χ2v) is 9.32. The topological polar surface area (TPSA) is 63.7 Å². The van der Waals surface area contributed by atoms with Crippen LogP contribution < -0.4 is 4.74 Å². The van der Waals surface area contributed by atoms with E-state index in [1.807, 2.05) is 24.3 Å². The van der Waals surface area contributed by atoms with Gasteiger partial charge in [-0.15, -0.1) is 0 Å². The van der Waals surface area contributed by atoms with Crippen molar-refractivity contribution in [1.82, 2.24) is 4.90 Å². The van der Waals surface area contributed by atoms with Gasteiger partial charge < -0.3 is 9.64 Å². The van der Waals surface area contributed by atoms with Crippen molar-refractivity contribution in [1.29, 1.82) is 0 Å². The number of sulfone groups is 1. The summed E-state index contributed by atoms with van der Waals surface area (Å²) in [6.07, 6.45) is 1.00. The van der Waals surface area contributed by atoms with Gasteiger partial charge in [0.15, 0.2) is 9.84 Å². The van der Waals surface area contributed by atoms with Gasteiger partial charge in [-0.05, 0) is 42.3 Å². The quantitative estimate of drug-likeness (QED) is 0.696. The molecule has 0 radical (unpaired) electrons. The molecule has 0 unspecified atom stereocenters. The molecule has 2 aromatic rings. The summed E-state index contributed by atoms with van der Waals surface area (Å²) in [7, 11) is -1.89. The molecule has 0 bridgehead atoms. The molecule has 1 amide bonds. The van der Waals surface area contributed by atoms with Crippen molar-refractivity contribution in [2.75, 3.05) is 20.2 Å². The lowest BCUT2D eigenvalue weighted by Gasteiger charge is -2.38. The van der Waals surface area contributed by atoms with E-state index in [0.717, 1.165) is 10.0 Å². The second-order valence-electron chi connectivity index (χ2n) is 6.23. The van der Waals surface area contributed by atoms with Gasteiger partial charge in [0.1, 0.15) is 11.0 Å². The summed E-state index contributed by atoms with van der Waals surface area (Å²) in [5.41, 5.74) is 1.07. The summed E-state index contributed by atoms with van der Waals surface area (Å²) in [5.74, 6) is 0.600. The Morgan fingerprint density at radius 2 is 1.81 bits per heavy atom. The molecule has 1 aliphatic heterocycles. The van der Waals surface area contributed by atoms with E-state index in [4.69, 9.17) is 4.74 Å². The van der Waals surface area contributed by atoms with Crippen molar-refractivity contribution in [2.45, 2.75) is 23.0 Å². The molecule has 3 rings (SSSR count). The predicted molar refractivity (Wildman–Crippen MR) is 103 cm³/mol. The molecule has 1 aliphatic rings. The first-order valence-electron chi connectivity index (χ1n) is 8.31. The Labute approximate surface area is 162 Å². The number of likely N-dealkylation sites (tertiary alicyclic amines) is 1. The maximum Gasteiger partial charge on any atom is 0.222 e. The number of halogens is 1. The highest BCUT2D eigenvalue weighted by atomic mass is 79.9. The number of hydrogen-bond donors (Lipinski definition) is 0. The molecule has 1 saturated heterocycles. The normalized spacial score (nSPS) is 14.8. The lowest BCUT2D eigenvalue weighted by molar-refractivity contribution is -0.134. The van der Waals surface area contributed by atoms with Crippen LogP contribution in [-0.2, 0) is 21.1 Å². The molecular formula is C19H20BrNO4S. The van der Waals surface area contributed by atoms with E-state index >= 15 is 0 Å². The van der Waals surface area contributed by atoms with E-state index in [2.05, 4.69) is 15.9 Å². The summed E-state index contributed by atoms with van der Waals surface area (Å²) >= 11 is 3.47. The average molecular weight is 438 g/mol. The maximum atomic E-state index is 12.6. The van der Waals surface area contributed by atoms with Crippen molar-refractivity contribution in [2.24, 2.45) is 0 Å². The summed E-state index contributed by atoms with van der Waals surface area (Å²) in [4.78, 5) is 14.2. The highest BCUT2D eigenvalue weighted by molar-refractivity contribution is 9.10. The predicted octanol–water partition coefficient (Wildman–Crippen LogP) is 3.08. The van der Waals surface area contributed by atoms with E-state index in [1.54, 1.807) is 29.2 Å². The first-order chi connectivity index (χ1) is 12.4. The Kier molecular flexibility index (Phi) is 5.67. The van der Waals surface area contributed by atoms with Gasteiger partial charge in [-0.2, -0.15) is 0 Å². The summed E-state index contributed by atoms with van der Waals surface area (Å²) < 4.78 is 31.3. The fraction of sp³-hybridized carbons (Fsp3) is 0.316. The molecule has 0 N–H and O–H groups in total. The smallest absolute Gasteiger partial charge is 0.222 e. The van der Waals surface area contributed by atoms with Crippen LogP contribution in [0.1, 0.15) is 12.0 Å². The number of carbonyl (C=O) groups excluding carboxylic acids is 1. The third-order valence-electron chi connectivity index (χ3n) is 4.59. The molecule has 5 nitrogen and oxygen atoms in total. The standard InChI is InChI=1S/C19H20BrNO4S/c1-25-15-7-9-16(10-8-15)26(23,24)17-12-21(13-17)19(22)11-6-14-4-2-3-5-18(14)20/h2-5,7-10,17H,6,11-13H2,1H3. The van der Waals surface area contributed by atoms with Crippen LogP contribution in [0.15, 0.2) is 57.9 Å². The van der Waals surface area contributed by atoms with Crippen molar-refractivity contribution in [3.05, 3.63) is 58.6 Å². The second kappa shape index (κ2) is 7.80. The minimum atomic E-state index is -3.42. The maximum absolute atomic E-state index is 12.6. The molecule has 1 fully saturated rings. The number of ether oxygens (including phenoxy) is 1. The molecule has 0 aliphatic carbocycles. The SMILES string of the molecule is COc1ccc(S(=O)(=O)C2CN(C(=O)CCc3ccccc3Br)C2)cc1. The molecule has 0 spiro atoms. The number of carbonyl (C=O) groups is 1. The molecule has 26 heavy (non-hydrogen) atoms. The van der Waals surface area contributed by atoms with Gasteiger partial charge in [0.25, 0.3) is 0 Å². The van der Waals surface area contributed by atoms with Crippen molar-refractivity contribution in [3.8, 4) is 5.75 Å². The van der Waals surface area contributed by atoms with Crippen LogP contribution in [0, 0.1) is 0 Å². The van der Waals surface area contributed by atoms with Crippen molar-refractivity contribution in [3.63, 3.8) is 0 Å². The molecule has 0 aromatic heterocycles. The molecular weight excluding hydrogens is 418 g/mol. The number of methoxy groups -OCH3 is 1. The molecule has 7 heteroatoms. The molecule has 0 saturated carbocycles. The Balaban J connectivity index is 1.55. The minimum Gasteiger partial charge on any atom is -0.497 e. The number of benzene rings is 2. The number of amides is 1. The van der Waals surface area contributed by atoms with Crippen LogP contribution in [0.4, 0.5) is 0 Å². The first kappa shape index (κ1) is 18.9. The van der Waals surface area contributed by atoms with Crippen molar-refractivity contribution < 1.29 is 17.9 Å². The van der Waals surface area contributed by atoms with Crippen LogP contribution in [0.3, 0.4) is 0 Å². The van der Waals surface area contributed by atoms with Gasteiger partial charge >= 0.3 is 0 Å². The van der Waals surface area contributed by atoms with Crippen LogP contribution >= 0.6 is 15.9 Å². The lowest BCUT2D eigenvalue weighted by Crippen LogP contribution is -2.56.